The maximum Gasteiger partial charge on any atom is 0.370 e. The molecule has 2 aromatic carbocycles. The second-order valence-corrected chi connectivity index (χ2v) is 9.68. The molecule has 0 aliphatic carbocycles. The van der Waals surface area contributed by atoms with Gasteiger partial charge in [0.25, 0.3) is 10.0 Å². The lowest BCUT2D eigenvalue weighted by molar-refractivity contribution is 0.0762. The van der Waals surface area contributed by atoms with Crippen molar-refractivity contribution in [3.63, 3.8) is 0 Å². The Morgan fingerprint density at radius 3 is 2.34 bits per heavy atom. The number of imidazole rings is 1. The van der Waals surface area contributed by atoms with Gasteiger partial charge in [-0.3, -0.25) is 0 Å². The molecule has 186 valence electrons. The summed E-state index contributed by atoms with van der Waals surface area (Å²) < 4.78 is 34.6. The highest BCUT2D eigenvalue weighted by Crippen LogP contribution is 2.28. The van der Waals surface area contributed by atoms with Gasteiger partial charge in [0.2, 0.25) is 0 Å². The van der Waals surface area contributed by atoms with E-state index in [0.717, 1.165) is 29.1 Å². The quantitative estimate of drug-likeness (QED) is 0.416. The maximum atomic E-state index is 12.7. The third kappa shape index (κ3) is 5.85. The Balaban J connectivity index is 1.94. The predicted octanol–water partition coefficient (Wildman–Crippen LogP) is 3.78. The number of nitrogens with one attached hydrogen (secondary N) is 2. The van der Waals surface area contributed by atoms with Crippen molar-refractivity contribution in [2.24, 2.45) is 0 Å². The number of aromatic nitrogens is 2. The fourth-order valence-corrected chi connectivity index (χ4v) is 5.19. The molecule has 0 aliphatic heterocycles. The number of carbonyl (C=O) groups excluding carboxylic acids is 2. The van der Waals surface area contributed by atoms with Crippen LogP contribution in [-0.4, -0.2) is 43.3 Å². The van der Waals surface area contributed by atoms with E-state index in [0.29, 0.717) is 36.2 Å². The summed E-state index contributed by atoms with van der Waals surface area (Å²) in [6.45, 7) is 4.45. The largest absolute Gasteiger partial charge is 0.387 e. The van der Waals surface area contributed by atoms with Crippen LogP contribution in [0.3, 0.4) is 0 Å². The van der Waals surface area contributed by atoms with Crippen molar-refractivity contribution in [2.75, 3.05) is 13.3 Å². The van der Waals surface area contributed by atoms with E-state index in [9.17, 15) is 18.0 Å². The summed E-state index contributed by atoms with van der Waals surface area (Å²) in [6.07, 6.45) is 2.95. The van der Waals surface area contributed by atoms with Crippen LogP contribution in [-0.2, 0) is 33.6 Å². The van der Waals surface area contributed by atoms with E-state index in [1.54, 1.807) is 24.5 Å². The van der Waals surface area contributed by atoms with Crippen LogP contribution in [0.5, 0.6) is 0 Å². The number of aryl methyl sites for hydroxylation is 1. The minimum atomic E-state index is -4.06. The number of rotatable bonds is 9. The highest BCUT2D eigenvalue weighted by molar-refractivity contribution is 7.94. The van der Waals surface area contributed by atoms with Crippen molar-refractivity contribution in [3.8, 4) is 11.1 Å². The molecular weight excluding hydrogens is 488 g/mol. The highest BCUT2D eigenvalue weighted by Gasteiger charge is 2.23. The van der Waals surface area contributed by atoms with Crippen LogP contribution in [0.1, 0.15) is 41.4 Å². The molecule has 2 amide bonds. The Morgan fingerprint density at radius 2 is 1.74 bits per heavy atom. The van der Waals surface area contributed by atoms with Crippen molar-refractivity contribution >= 4 is 34.1 Å². The second-order valence-electron chi connectivity index (χ2n) is 7.53. The highest BCUT2D eigenvalue weighted by atomic mass is 32.2. The number of benzene rings is 2. The molecular formula is C24H28N4O5S2. The summed E-state index contributed by atoms with van der Waals surface area (Å²) in [5.74, 6) is 0.331. The average Bonchev–Trinajstić information content (AvgIpc) is 3.21. The molecule has 0 saturated carbocycles. The third-order valence-electron chi connectivity index (χ3n) is 5.39. The van der Waals surface area contributed by atoms with Crippen molar-refractivity contribution in [1.82, 2.24) is 19.6 Å². The van der Waals surface area contributed by atoms with Gasteiger partial charge in [-0.05, 0) is 23.6 Å². The molecule has 0 bridgehead atoms. The standard InChI is InChI=1S/C24H28N4O5S2/c1-5-19-22(23(29)33-34-4)26-21(6-2)28(19)15-16-11-13-17(14-12-16)18-9-7-8-10-20(18)35(31,32)27-24(30)25-3/h7-14H,5-6,15H2,1-4H3,(H2,25,27,30). The summed E-state index contributed by atoms with van der Waals surface area (Å²) in [7, 11) is -2.71. The van der Waals surface area contributed by atoms with E-state index >= 15 is 0 Å². The number of sulfonamides is 1. The monoisotopic (exact) mass is 516 g/mol. The Labute approximate surface area is 209 Å². The van der Waals surface area contributed by atoms with Crippen molar-refractivity contribution in [1.29, 1.82) is 0 Å². The third-order valence-corrected chi connectivity index (χ3v) is 7.10. The molecule has 1 aromatic heterocycles. The van der Waals surface area contributed by atoms with Gasteiger partial charge in [0, 0.05) is 31.8 Å². The van der Waals surface area contributed by atoms with Crippen LogP contribution in [0.25, 0.3) is 11.1 Å². The molecule has 0 saturated heterocycles. The van der Waals surface area contributed by atoms with Gasteiger partial charge in [0.15, 0.2) is 5.69 Å². The summed E-state index contributed by atoms with van der Waals surface area (Å²) in [5.41, 5.74) is 3.26. The molecule has 0 spiro atoms. The predicted molar refractivity (Wildman–Crippen MR) is 136 cm³/mol. The minimum absolute atomic E-state index is 0.00412. The zero-order valence-electron chi connectivity index (χ0n) is 20.0. The number of nitrogens with zero attached hydrogens (tertiary/aromatic N) is 2. The second kappa shape index (κ2) is 11.4. The molecule has 3 aromatic rings. The van der Waals surface area contributed by atoms with E-state index in [2.05, 4.69) is 10.3 Å². The summed E-state index contributed by atoms with van der Waals surface area (Å²) in [5, 5.41) is 2.25. The van der Waals surface area contributed by atoms with Gasteiger partial charge in [0.05, 0.1) is 22.6 Å². The van der Waals surface area contributed by atoms with Crippen LogP contribution in [0, 0.1) is 0 Å². The van der Waals surface area contributed by atoms with Crippen molar-refractivity contribution in [2.45, 2.75) is 38.1 Å². The van der Waals surface area contributed by atoms with Crippen LogP contribution >= 0.6 is 12.0 Å². The van der Waals surface area contributed by atoms with Gasteiger partial charge < -0.3 is 14.1 Å². The van der Waals surface area contributed by atoms with E-state index in [-0.39, 0.29) is 4.90 Å². The molecule has 0 fully saturated rings. The molecule has 1 heterocycles. The first kappa shape index (κ1) is 26.3. The van der Waals surface area contributed by atoms with Crippen molar-refractivity contribution < 1.29 is 22.2 Å². The number of urea groups is 1. The molecule has 11 heteroatoms. The van der Waals surface area contributed by atoms with Crippen LogP contribution in [0.2, 0.25) is 0 Å². The fraction of sp³-hybridized carbons (Fsp3) is 0.292. The van der Waals surface area contributed by atoms with Gasteiger partial charge in [-0.25, -0.2) is 27.7 Å². The molecule has 35 heavy (non-hydrogen) atoms. The maximum absolute atomic E-state index is 12.7. The first-order valence-corrected chi connectivity index (χ1v) is 13.6. The Hall–Kier alpha value is -3.31. The molecule has 0 aliphatic rings. The zero-order valence-corrected chi connectivity index (χ0v) is 21.6. The smallest absolute Gasteiger partial charge is 0.370 e. The van der Waals surface area contributed by atoms with Gasteiger partial charge >= 0.3 is 12.0 Å². The van der Waals surface area contributed by atoms with E-state index in [4.69, 9.17) is 4.18 Å². The lowest BCUT2D eigenvalue weighted by atomic mass is 10.0. The minimum Gasteiger partial charge on any atom is -0.387 e. The number of carbonyl (C=O) groups is 2. The lowest BCUT2D eigenvalue weighted by Gasteiger charge is -2.13. The zero-order chi connectivity index (χ0) is 25.6. The van der Waals surface area contributed by atoms with Crippen molar-refractivity contribution in [3.05, 3.63) is 71.3 Å². The SMILES string of the molecule is CCc1nc(C(=O)OSC)c(CC)n1Cc1ccc(-c2ccccc2S(=O)(=O)NC(=O)NC)cc1. The molecule has 0 radical (unpaired) electrons. The lowest BCUT2D eigenvalue weighted by Crippen LogP contribution is -2.37. The van der Waals surface area contributed by atoms with Crippen LogP contribution < -0.4 is 10.0 Å². The normalized spacial score (nSPS) is 11.2. The molecule has 0 unspecified atom stereocenters. The van der Waals surface area contributed by atoms with E-state index < -0.39 is 22.0 Å². The Kier molecular flexibility index (Phi) is 8.57. The van der Waals surface area contributed by atoms with Gasteiger partial charge in [0.1, 0.15) is 5.82 Å². The molecule has 2 N–H and O–H groups in total. The Bertz CT molecular complexity index is 1320. The first-order chi connectivity index (χ1) is 16.7. The van der Waals surface area contributed by atoms with Gasteiger partial charge in [-0.15, -0.1) is 0 Å². The average molecular weight is 517 g/mol. The van der Waals surface area contributed by atoms with E-state index in [1.165, 1.54) is 13.1 Å². The molecule has 0 atom stereocenters. The van der Waals surface area contributed by atoms with Gasteiger partial charge in [-0.1, -0.05) is 56.3 Å². The summed E-state index contributed by atoms with van der Waals surface area (Å²) in [6, 6.07) is 13.2. The topological polar surface area (TPSA) is 119 Å². The van der Waals surface area contributed by atoms with Crippen LogP contribution in [0.4, 0.5) is 4.79 Å². The molecule has 9 nitrogen and oxygen atoms in total. The number of amides is 2. The van der Waals surface area contributed by atoms with E-state index in [1.807, 2.05) is 47.4 Å². The molecule has 3 rings (SSSR count). The number of hydrogen-bond acceptors (Lipinski definition) is 7. The number of hydrogen-bond donors (Lipinski definition) is 2. The Morgan fingerprint density at radius 1 is 1.06 bits per heavy atom. The van der Waals surface area contributed by atoms with Gasteiger partial charge in [-0.2, -0.15) is 0 Å². The summed E-state index contributed by atoms with van der Waals surface area (Å²) in [4.78, 5) is 28.5. The first-order valence-electron chi connectivity index (χ1n) is 11.0. The van der Waals surface area contributed by atoms with Crippen LogP contribution in [0.15, 0.2) is 53.4 Å². The summed E-state index contributed by atoms with van der Waals surface area (Å²) >= 11 is 0.989. The fourth-order valence-electron chi connectivity index (χ4n) is 3.77.